The standard InChI is InChI=1S/C25H20N4OS/c1-18(19-9-4-2-5-10-19)27-25(30)20(16-26)15-21-17-29(22-11-6-3-7-12-22)28-24(21)23-13-8-14-31-23/h2-15,17-18H,1H3,(H,27,30)/b20-15-/t18-/m1/s1. The van der Waals surface area contributed by atoms with Crippen molar-refractivity contribution in [3.63, 3.8) is 0 Å². The van der Waals surface area contributed by atoms with Crippen molar-refractivity contribution < 1.29 is 4.79 Å². The molecule has 0 saturated heterocycles. The van der Waals surface area contributed by atoms with Gasteiger partial charge in [0.2, 0.25) is 0 Å². The molecule has 0 aliphatic carbocycles. The van der Waals surface area contributed by atoms with Crippen LogP contribution in [0.3, 0.4) is 0 Å². The third-order valence-corrected chi connectivity index (χ3v) is 5.71. The second-order valence-electron chi connectivity index (χ2n) is 6.97. The normalized spacial score (nSPS) is 12.2. The number of hydrogen-bond donors (Lipinski definition) is 1. The minimum atomic E-state index is -0.413. The first kappa shape index (κ1) is 20.3. The van der Waals surface area contributed by atoms with E-state index in [4.69, 9.17) is 5.10 Å². The molecule has 31 heavy (non-hydrogen) atoms. The van der Waals surface area contributed by atoms with E-state index in [2.05, 4.69) is 5.32 Å². The van der Waals surface area contributed by atoms with Crippen LogP contribution in [0, 0.1) is 11.3 Å². The van der Waals surface area contributed by atoms with Crippen molar-refractivity contribution in [3.8, 4) is 22.3 Å². The molecule has 0 unspecified atom stereocenters. The highest BCUT2D eigenvalue weighted by molar-refractivity contribution is 7.13. The van der Waals surface area contributed by atoms with Gasteiger partial charge in [0.15, 0.2) is 0 Å². The molecule has 0 fully saturated rings. The van der Waals surface area contributed by atoms with Gasteiger partial charge in [-0.3, -0.25) is 4.79 Å². The summed E-state index contributed by atoms with van der Waals surface area (Å²) in [4.78, 5) is 13.8. The summed E-state index contributed by atoms with van der Waals surface area (Å²) in [5.41, 5.74) is 3.36. The van der Waals surface area contributed by atoms with Crippen molar-refractivity contribution in [3.05, 3.63) is 101 Å². The summed E-state index contributed by atoms with van der Waals surface area (Å²) in [5, 5.41) is 19.3. The fraction of sp³-hybridized carbons (Fsp3) is 0.0800. The summed E-state index contributed by atoms with van der Waals surface area (Å²) < 4.78 is 1.76. The Morgan fingerprint density at radius 2 is 1.81 bits per heavy atom. The van der Waals surface area contributed by atoms with Crippen LogP contribution in [0.15, 0.2) is 89.9 Å². The maximum atomic E-state index is 12.8. The van der Waals surface area contributed by atoms with Gasteiger partial charge in [0.25, 0.3) is 5.91 Å². The molecule has 0 bridgehead atoms. The lowest BCUT2D eigenvalue weighted by Gasteiger charge is -2.13. The van der Waals surface area contributed by atoms with Crippen LogP contribution >= 0.6 is 11.3 Å². The molecule has 6 heteroatoms. The Bertz CT molecular complexity index is 1240. The molecule has 1 atom stereocenters. The zero-order chi connectivity index (χ0) is 21.6. The lowest BCUT2D eigenvalue weighted by molar-refractivity contribution is -0.117. The number of benzene rings is 2. The Morgan fingerprint density at radius 1 is 1.10 bits per heavy atom. The van der Waals surface area contributed by atoms with E-state index in [-0.39, 0.29) is 11.6 Å². The predicted octanol–water partition coefficient (Wildman–Crippen LogP) is 5.39. The number of carbonyl (C=O) groups is 1. The summed E-state index contributed by atoms with van der Waals surface area (Å²) in [5.74, 6) is -0.413. The lowest BCUT2D eigenvalue weighted by Crippen LogP contribution is -2.27. The van der Waals surface area contributed by atoms with Gasteiger partial charge in [0, 0.05) is 11.8 Å². The molecule has 0 aliphatic rings. The second kappa shape index (κ2) is 9.24. The quantitative estimate of drug-likeness (QED) is 0.333. The van der Waals surface area contributed by atoms with Gasteiger partial charge in [0.1, 0.15) is 17.3 Å². The van der Waals surface area contributed by atoms with E-state index in [1.54, 1.807) is 22.1 Å². The molecule has 1 amide bonds. The Balaban J connectivity index is 1.67. The van der Waals surface area contributed by atoms with E-state index >= 15 is 0 Å². The molecule has 2 aromatic carbocycles. The van der Waals surface area contributed by atoms with Gasteiger partial charge in [-0.2, -0.15) is 10.4 Å². The number of aromatic nitrogens is 2. The van der Waals surface area contributed by atoms with E-state index in [1.807, 2.05) is 97.4 Å². The number of thiophene rings is 1. The van der Waals surface area contributed by atoms with Crippen LogP contribution in [-0.2, 0) is 4.79 Å². The number of para-hydroxylation sites is 1. The molecule has 4 aromatic rings. The highest BCUT2D eigenvalue weighted by Crippen LogP contribution is 2.29. The average Bonchev–Trinajstić information content (AvgIpc) is 3.48. The second-order valence-corrected chi connectivity index (χ2v) is 7.91. The van der Waals surface area contributed by atoms with Crippen LogP contribution in [0.25, 0.3) is 22.3 Å². The highest BCUT2D eigenvalue weighted by atomic mass is 32.1. The Hall–Kier alpha value is -3.95. The summed E-state index contributed by atoms with van der Waals surface area (Å²) in [6, 6.07) is 25.2. The summed E-state index contributed by atoms with van der Waals surface area (Å²) in [6.07, 6.45) is 3.45. The van der Waals surface area contributed by atoms with Crippen molar-refractivity contribution in [2.75, 3.05) is 0 Å². The third-order valence-electron chi connectivity index (χ3n) is 4.83. The minimum absolute atomic E-state index is 0.0354. The average molecular weight is 425 g/mol. The van der Waals surface area contributed by atoms with Crippen LogP contribution in [-0.4, -0.2) is 15.7 Å². The molecule has 5 nitrogen and oxygen atoms in total. The molecule has 0 radical (unpaired) electrons. The van der Waals surface area contributed by atoms with Gasteiger partial charge in [-0.15, -0.1) is 11.3 Å². The maximum Gasteiger partial charge on any atom is 0.262 e. The molecule has 0 spiro atoms. The lowest BCUT2D eigenvalue weighted by atomic mass is 10.1. The number of rotatable bonds is 6. The molecule has 0 aliphatic heterocycles. The smallest absolute Gasteiger partial charge is 0.262 e. The first-order valence-electron chi connectivity index (χ1n) is 9.82. The van der Waals surface area contributed by atoms with Gasteiger partial charge in [-0.25, -0.2) is 4.68 Å². The number of hydrogen-bond acceptors (Lipinski definition) is 4. The zero-order valence-corrected chi connectivity index (χ0v) is 17.7. The van der Waals surface area contributed by atoms with Crippen molar-refractivity contribution in [2.45, 2.75) is 13.0 Å². The number of nitrogens with zero attached hydrogens (tertiary/aromatic N) is 3. The number of carbonyl (C=O) groups excluding carboxylic acids is 1. The van der Waals surface area contributed by atoms with Crippen LogP contribution in [0.5, 0.6) is 0 Å². The summed E-state index contributed by atoms with van der Waals surface area (Å²) in [6.45, 7) is 1.90. The Kier molecular flexibility index (Phi) is 6.06. The maximum absolute atomic E-state index is 12.8. The van der Waals surface area contributed by atoms with Gasteiger partial charge in [0.05, 0.1) is 16.6 Å². The zero-order valence-electron chi connectivity index (χ0n) is 16.9. The number of nitriles is 1. The molecule has 2 heterocycles. The Labute approximate surface area is 184 Å². The molecule has 1 N–H and O–H groups in total. The van der Waals surface area contributed by atoms with Crippen LogP contribution in [0.1, 0.15) is 24.1 Å². The molecular weight excluding hydrogens is 404 g/mol. The molecular formula is C25H20N4OS. The monoisotopic (exact) mass is 424 g/mol. The summed E-state index contributed by atoms with van der Waals surface area (Å²) in [7, 11) is 0. The van der Waals surface area contributed by atoms with E-state index < -0.39 is 5.91 Å². The van der Waals surface area contributed by atoms with E-state index in [1.165, 1.54) is 0 Å². The van der Waals surface area contributed by atoms with Crippen molar-refractivity contribution in [2.24, 2.45) is 0 Å². The minimum Gasteiger partial charge on any atom is -0.345 e. The van der Waals surface area contributed by atoms with Crippen LogP contribution in [0.2, 0.25) is 0 Å². The topological polar surface area (TPSA) is 70.7 Å². The number of amides is 1. The van der Waals surface area contributed by atoms with Gasteiger partial charge >= 0.3 is 0 Å². The van der Waals surface area contributed by atoms with Gasteiger partial charge < -0.3 is 5.32 Å². The van der Waals surface area contributed by atoms with Crippen LogP contribution < -0.4 is 5.32 Å². The fourth-order valence-electron chi connectivity index (χ4n) is 3.21. The van der Waals surface area contributed by atoms with Gasteiger partial charge in [-0.1, -0.05) is 54.6 Å². The van der Waals surface area contributed by atoms with Gasteiger partial charge in [-0.05, 0) is 42.1 Å². The van der Waals surface area contributed by atoms with Crippen molar-refractivity contribution in [1.82, 2.24) is 15.1 Å². The van der Waals surface area contributed by atoms with Crippen molar-refractivity contribution in [1.29, 1.82) is 5.26 Å². The molecule has 2 aromatic heterocycles. The number of nitrogens with one attached hydrogen (secondary N) is 1. The largest absolute Gasteiger partial charge is 0.345 e. The molecule has 152 valence electrons. The highest BCUT2D eigenvalue weighted by Gasteiger charge is 2.17. The molecule has 4 rings (SSSR count). The first-order chi connectivity index (χ1) is 15.2. The van der Waals surface area contributed by atoms with E-state index in [0.29, 0.717) is 5.56 Å². The van der Waals surface area contributed by atoms with Crippen molar-refractivity contribution >= 4 is 23.3 Å². The summed E-state index contributed by atoms with van der Waals surface area (Å²) >= 11 is 1.56. The SMILES string of the molecule is C[C@@H](NC(=O)/C(C#N)=C\c1cn(-c2ccccc2)nc1-c1cccs1)c1ccccc1. The fourth-order valence-corrected chi connectivity index (χ4v) is 3.95. The predicted molar refractivity (Wildman–Crippen MR) is 123 cm³/mol. The third kappa shape index (κ3) is 4.63. The first-order valence-corrected chi connectivity index (χ1v) is 10.7. The van der Waals surface area contributed by atoms with E-state index in [9.17, 15) is 10.1 Å². The van der Waals surface area contributed by atoms with E-state index in [0.717, 1.165) is 21.8 Å². The van der Waals surface area contributed by atoms with Crippen LogP contribution in [0.4, 0.5) is 0 Å². The Morgan fingerprint density at radius 3 is 2.45 bits per heavy atom. The molecule has 0 saturated carbocycles.